The van der Waals surface area contributed by atoms with Crippen molar-refractivity contribution in [1.29, 1.82) is 0 Å². The Labute approximate surface area is 111 Å². The molecule has 96 valence electrons. The number of benzene rings is 1. The minimum absolute atomic E-state index is 0.268. The SMILES string of the molecule is [NH3+]CCc1ccc([N-]S(=O)(=O)c2cccs2)cc1. The molecule has 6 heteroatoms. The summed E-state index contributed by atoms with van der Waals surface area (Å²) >= 11 is 1.17. The summed E-state index contributed by atoms with van der Waals surface area (Å²) in [5, 5.41) is 1.72. The number of thiophene rings is 1. The van der Waals surface area contributed by atoms with E-state index in [1.807, 2.05) is 12.1 Å². The van der Waals surface area contributed by atoms with Gasteiger partial charge in [0.2, 0.25) is 0 Å². The summed E-state index contributed by atoms with van der Waals surface area (Å²) in [6, 6.07) is 10.5. The fourth-order valence-electron chi connectivity index (χ4n) is 1.52. The smallest absolute Gasteiger partial charge is 0.132 e. The first-order chi connectivity index (χ1) is 8.62. The van der Waals surface area contributed by atoms with Crippen LogP contribution in [-0.4, -0.2) is 15.0 Å². The fraction of sp³-hybridized carbons (Fsp3) is 0.167. The molecule has 0 aliphatic carbocycles. The highest BCUT2D eigenvalue weighted by Gasteiger charge is 2.04. The first kappa shape index (κ1) is 13.1. The molecule has 0 bridgehead atoms. The van der Waals surface area contributed by atoms with E-state index in [0.717, 1.165) is 18.5 Å². The van der Waals surface area contributed by atoms with Gasteiger partial charge in [-0.05, 0) is 17.0 Å². The molecule has 0 saturated carbocycles. The summed E-state index contributed by atoms with van der Waals surface area (Å²) in [4.78, 5) is 0. The van der Waals surface area contributed by atoms with Gasteiger partial charge in [0.15, 0.2) is 0 Å². The van der Waals surface area contributed by atoms with Crippen molar-refractivity contribution < 1.29 is 14.2 Å². The van der Waals surface area contributed by atoms with Crippen molar-refractivity contribution in [3.8, 4) is 0 Å². The average molecular weight is 282 g/mol. The van der Waals surface area contributed by atoms with Gasteiger partial charge in [-0.15, -0.1) is 17.0 Å². The van der Waals surface area contributed by atoms with E-state index in [-0.39, 0.29) is 4.21 Å². The molecule has 0 atom stereocenters. The van der Waals surface area contributed by atoms with E-state index in [1.165, 1.54) is 11.3 Å². The number of quaternary nitrogens is 1. The Morgan fingerprint density at radius 1 is 1.17 bits per heavy atom. The molecule has 18 heavy (non-hydrogen) atoms. The number of rotatable bonds is 5. The Morgan fingerprint density at radius 3 is 2.44 bits per heavy atom. The van der Waals surface area contributed by atoms with Crippen LogP contribution in [0.15, 0.2) is 46.0 Å². The summed E-state index contributed by atoms with van der Waals surface area (Å²) in [6.45, 7) is 0.823. The topological polar surface area (TPSA) is 75.9 Å². The molecule has 3 N–H and O–H groups in total. The third kappa shape index (κ3) is 3.10. The first-order valence-electron chi connectivity index (χ1n) is 5.51. The van der Waals surface area contributed by atoms with Gasteiger partial charge in [0, 0.05) is 6.42 Å². The first-order valence-corrected chi connectivity index (χ1v) is 7.83. The molecule has 1 aromatic heterocycles. The summed E-state index contributed by atoms with van der Waals surface area (Å²) in [5.41, 5.74) is 5.37. The Morgan fingerprint density at radius 2 is 1.89 bits per heavy atom. The zero-order chi connectivity index (χ0) is 13.0. The molecule has 0 unspecified atom stereocenters. The molecule has 4 nitrogen and oxygen atoms in total. The quantitative estimate of drug-likeness (QED) is 0.909. The molecule has 0 aliphatic rings. The highest BCUT2D eigenvalue weighted by atomic mass is 32.2. The molecule has 0 saturated heterocycles. The molecule has 2 aromatic rings. The number of nitrogens with zero attached hydrogens (tertiary/aromatic N) is 1. The van der Waals surface area contributed by atoms with Crippen LogP contribution in [0, 0.1) is 0 Å². The molecule has 0 amide bonds. The average Bonchev–Trinajstić information content (AvgIpc) is 2.86. The summed E-state index contributed by atoms with van der Waals surface area (Å²) in [6.07, 6.45) is 0.887. The second kappa shape index (κ2) is 5.51. The Balaban J connectivity index is 2.14. The summed E-state index contributed by atoms with van der Waals surface area (Å²) in [7, 11) is -3.56. The Bertz CT molecular complexity index is 590. The van der Waals surface area contributed by atoms with E-state index in [0.29, 0.717) is 5.69 Å². The monoisotopic (exact) mass is 282 g/mol. The van der Waals surface area contributed by atoms with E-state index in [9.17, 15) is 8.42 Å². The van der Waals surface area contributed by atoms with Crippen LogP contribution in [0.4, 0.5) is 5.69 Å². The van der Waals surface area contributed by atoms with E-state index in [4.69, 9.17) is 0 Å². The minimum Gasteiger partial charge on any atom is -0.572 e. The van der Waals surface area contributed by atoms with E-state index >= 15 is 0 Å². The second-order valence-electron chi connectivity index (χ2n) is 3.77. The standard InChI is InChI=1S/C12H13N2O2S2/c13-8-7-10-3-5-11(6-4-10)14-18(15,16)12-2-1-9-17-12/h1-6,9H,7-8,13H2/q-1/p+1. The zero-order valence-corrected chi connectivity index (χ0v) is 11.4. The normalized spacial score (nSPS) is 11.4. The lowest BCUT2D eigenvalue weighted by molar-refractivity contribution is -0.366. The molecule has 0 fully saturated rings. The van der Waals surface area contributed by atoms with Crippen molar-refractivity contribution in [3.05, 3.63) is 52.1 Å². The molecule has 1 aromatic carbocycles. The zero-order valence-electron chi connectivity index (χ0n) is 9.74. The predicted octanol–water partition coefficient (Wildman–Crippen LogP) is 1.93. The van der Waals surface area contributed by atoms with Gasteiger partial charge in [0.05, 0.1) is 6.54 Å². The summed E-state index contributed by atoms with van der Waals surface area (Å²) < 4.78 is 27.9. The van der Waals surface area contributed by atoms with Gasteiger partial charge < -0.3 is 10.5 Å². The molecule has 0 spiro atoms. The lowest BCUT2D eigenvalue weighted by atomic mass is 10.1. The van der Waals surface area contributed by atoms with Crippen LogP contribution in [0.1, 0.15) is 5.56 Å². The summed E-state index contributed by atoms with van der Waals surface area (Å²) in [5.74, 6) is 0. The van der Waals surface area contributed by atoms with Gasteiger partial charge in [-0.1, -0.05) is 30.3 Å². The van der Waals surface area contributed by atoms with Crippen molar-refractivity contribution in [2.45, 2.75) is 10.6 Å². The molecule has 2 rings (SSSR count). The van der Waals surface area contributed by atoms with Crippen molar-refractivity contribution >= 4 is 27.0 Å². The van der Waals surface area contributed by atoms with Crippen LogP contribution in [0.25, 0.3) is 4.72 Å². The van der Waals surface area contributed by atoms with Crippen molar-refractivity contribution in [2.24, 2.45) is 0 Å². The van der Waals surface area contributed by atoms with Gasteiger partial charge in [0.1, 0.15) is 14.2 Å². The number of hydrogen-bond acceptors (Lipinski definition) is 3. The molecular formula is C12H14N2O2S2. The fourth-order valence-corrected chi connectivity index (χ4v) is 3.47. The van der Waals surface area contributed by atoms with Crippen molar-refractivity contribution in [3.63, 3.8) is 0 Å². The van der Waals surface area contributed by atoms with Crippen molar-refractivity contribution in [1.82, 2.24) is 0 Å². The molecule has 1 heterocycles. The highest BCUT2D eigenvalue weighted by molar-refractivity contribution is 7.96. The second-order valence-corrected chi connectivity index (χ2v) is 6.55. The van der Waals surface area contributed by atoms with Crippen LogP contribution >= 0.6 is 11.3 Å². The van der Waals surface area contributed by atoms with E-state index in [2.05, 4.69) is 10.5 Å². The van der Waals surface area contributed by atoms with Gasteiger partial charge in [-0.2, -0.15) is 0 Å². The largest absolute Gasteiger partial charge is 0.572 e. The van der Waals surface area contributed by atoms with Crippen LogP contribution < -0.4 is 5.73 Å². The van der Waals surface area contributed by atoms with Gasteiger partial charge in [-0.25, -0.2) is 8.42 Å². The Hall–Kier alpha value is -1.37. The number of hydrogen-bond donors (Lipinski definition) is 1. The number of sulfonamides is 1. The van der Waals surface area contributed by atoms with Gasteiger partial charge in [0.25, 0.3) is 0 Å². The maximum Gasteiger partial charge on any atom is 0.132 e. The molecule has 0 radical (unpaired) electrons. The van der Waals surface area contributed by atoms with Crippen LogP contribution in [0.3, 0.4) is 0 Å². The van der Waals surface area contributed by atoms with E-state index < -0.39 is 10.0 Å². The van der Waals surface area contributed by atoms with Crippen LogP contribution in [0.2, 0.25) is 0 Å². The highest BCUT2D eigenvalue weighted by Crippen LogP contribution is 2.29. The molecular weight excluding hydrogens is 268 g/mol. The Kier molecular flexibility index (Phi) is 4.00. The third-order valence-corrected chi connectivity index (χ3v) is 5.05. The van der Waals surface area contributed by atoms with Gasteiger partial charge >= 0.3 is 0 Å². The third-order valence-electron chi connectivity index (χ3n) is 2.38. The lowest BCUT2D eigenvalue weighted by Crippen LogP contribution is -2.51. The predicted molar refractivity (Wildman–Crippen MR) is 72.4 cm³/mol. The van der Waals surface area contributed by atoms with E-state index in [1.54, 1.807) is 29.6 Å². The van der Waals surface area contributed by atoms with Crippen LogP contribution in [-0.2, 0) is 16.4 Å². The maximum atomic E-state index is 11.9. The minimum atomic E-state index is -3.56. The van der Waals surface area contributed by atoms with Gasteiger partial charge in [-0.3, -0.25) is 0 Å². The maximum absolute atomic E-state index is 11.9. The van der Waals surface area contributed by atoms with Crippen LogP contribution in [0.5, 0.6) is 0 Å². The van der Waals surface area contributed by atoms with Crippen molar-refractivity contribution in [2.75, 3.05) is 6.54 Å². The molecule has 0 aliphatic heterocycles. The lowest BCUT2D eigenvalue weighted by Gasteiger charge is -2.20.